The van der Waals surface area contributed by atoms with Crippen molar-refractivity contribution in [3.8, 4) is 0 Å². The minimum Gasteiger partial charge on any atom is -0.371 e. The van der Waals surface area contributed by atoms with Crippen LogP contribution in [0.5, 0.6) is 0 Å². The number of nitrogens with zero attached hydrogens (tertiary/aromatic N) is 4. The second kappa shape index (κ2) is 8.48. The SMILES string of the molecule is CCSc1nc(C(F)(F)F)ccc1C(=O)Nc1cc2nc(C(F)(F)F)n(C)c2nc1NC. The second-order valence-electron chi connectivity index (χ2n) is 6.40. The fourth-order valence-corrected chi connectivity index (χ4v) is 3.61. The van der Waals surface area contributed by atoms with Crippen molar-refractivity contribution in [2.45, 2.75) is 24.3 Å². The number of nitrogens with one attached hydrogen (secondary N) is 2. The Morgan fingerprint density at radius 2 is 1.78 bits per heavy atom. The van der Waals surface area contributed by atoms with Crippen LogP contribution in [0.25, 0.3) is 11.2 Å². The Morgan fingerprint density at radius 1 is 1.09 bits per heavy atom. The highest BCUT2D eigenvalue weighted by molar-refractivity contribution is 7.99. The highest BCUT2D eigenvalue weighted by Gasteiger charge is 2.37. The number of rotatable bonds is 5. The average molecular weight is 478 g/mol. The predicted octanol–water partition coefficient (Wildman–Crippen LogP) is 4.81. The number of aryl methyl sites for hydroxylation is 1. The van der Waals surface area contributed by atoms with Gasteiger partial charge in [-0.25, -0.2) is 15.0 Å². The normalized spacial score (nSPS) is 12.3. The number of anilines is 2. The molecule has 0 aliphatic heterocycles. The van der Waals surface area contributed by atoms with Crippen molar-refractivity contribution in [1.29, 1.82) is 0 Å². The maximum atomic E-state index is 13.1. The molecule has 1 amide bonds. The number of thioether (sulfide) groups is 1. The number of pyridine rings is 2. The smallest absolute Gasteiger partial charge is 0.371 e. The number of fused-ring (bicyclic) bond motifs is 1. The van der Waals surface area contributed by atoms with E-state index in [4.69, 9.17) is 0 Å². The van der Waals surface area contributed by atoms with E-state index in [1.165, 1.54) is 13.1 Å². The largest absolute Gasteiger partial charge is 0.449 e. The van der Waals surface area contributed by atoms with E-state index in [1.54, 1.807) is 6.92 Å². The minimum atomic E-state index is -4.71. The average Bonchev–Trinajstić information content (AvgIpc) is 3.02. The van der Waals surface area contributed by atoms with Gasteiger partial charge < -0.3 is 15.2 Å². The van der Waals surface area contributed by atoms with Crippen molar-refractivity contribution in [2.75, 3.05) is 23.4 Å². The Balaban J connectivity index is 2.02. The fraction of sp³-hybridized carbons (Fsp3) is 0.333. The van der Waals surface area contributed by atoms with Gasteiger partial charge in [-0.05, 0) is 24.0 Å². The molecule has 0 aromatic carbocycles. The molecule has 32 heavy (non-hydrogen) atoms. The molecule has 3 rings (SSSR count). The van der Waals surface area contributed by atoms with E-state index in [0.717, 1.165) is 29.4 Å². The molecule has 0 radical (unpaired) electrons. The minimum absolute atomic E-state index is 0.00386. The van der Waals surface area contributed by atoms with Gasteiger partial charge >= 0.3 is 12.4 Å². The predicted molar refractivity (Wildman–Crippen MR) is 107 cm³/mol. The standard InChI is InChI=1S/C18H16F6N6OS/c1-4-32-15-8(5-6-11(28-15)17(19,20)21)14(31)26-9-7-10-13(29-12(9)25-2)30(3)16(27-10)18(22,23)24/h5-7H,4H2,1-3H3,(H,25,29)(H,26,31). The Morgan fingerprint density at radius 3 is 2.34 bits per heavy atom. The number of amides is 1. The van der Waals surface area contributed by atoms with Gasteiger partial charge in [-0.1, -0.05) is 6.92 Å². The van der Waals surface area contributed by atoms with Gasteiger partial charge in [0.25, 0.3) is 5.91 Å². The third-order valence-electron chi connectivity index (χ3n) is 4.26. The molecule has 3 aromatic rings. The number of alkyl halides is 6. The summed E-state index contributed by atoms with van der Waals surface area (Å²) in [4.78, 5) is 24.0. The Hall–Kier alpha value is -3.03. The maximum Gasteiger partial charge on any atom is 0.449 e. The molecule has 0 aliphatic rings. The van der Waals surface area contributed by atoms with Crippen molar-refractivity contribution in [3.05, 3.63) is 35.3 Å². The van der Waals surface area contributed by atoms with Crippen LogP contribution in [0.15, 0.2) is 23.2 Å². The molecule has 7 nitrogen and oxygen atoms in total. The van der Waals surface area contributed by atoms with Gasteiger partial charge in [0.05, 0.1) is 11.3 Å². The van der Waals surface area contributed by atoms with Gasteiger partial charge in [-0.2, -0.15) is 26.3 Å². The molecule has 0 unspecified atom stereocenters. The van der Waals surface area contributed by atoms with E-state index in [0.29, 0.717) is 11.8 Å². The summed E-state index contributed by atoms with van der Waals surface area (Å²) in [7, 11) is 2.61. The first-order valence-electron chi connectivity index (χ1n) is 9.01. The third-order valence-corrected chi connectivity index (χ3v) is 5.13. The van der Waals surface area contributed by atoms with E-state index in [-0.39, 0.29) is 33.3 Å². The number of aromatic nitrogens is 4. The lowest BCUT2D eigenvalue weighted by atomic mass is 10.2. The number of imidazole rings is 1. The molecule has 0 atom stereocenters. The third kappa shape index (κ3) is 4.59. The number of hydrogen-bond donors (Lipinski definition) is 2. The van der Waals surface area contributed by atoms with Crippen molar-refractivity contribution in [3.63, 3.8) is 0 Å². The van der Waals surface area contributed by atoms with Crippen molar-refractivity contribution in [1.82, 2.24) is 19.5 Å². The topological polar surface area (TPSA) is 84.7 Å². The summed E-state index contributed by atoms with van der Waals surface area (Å²) in [6.45, 7) is 1.69. The van der Waals surface area contributed by atoms with Crippen LogP contribution in [0, 0.1) is 0 Å². The van der Waals surface area contributed by atoms with E-state index in [2.05, 4.69) is 25.6 Å². The number of hydrogen-bond acceptors (Lipinski definition) is 6. The fourth-order valence-electron chi connectivity index (χ4n) is 2.86. The van der Waals surface area contributed by atoms with Crippen LogP contribution in [0.1, 0.15) is 28.8 Å². The van der Waals surface area contributed by atoms with Gasteiger partial charge in [0.1, 0.15) is 16.2 Å². The molecular formula is C18H16F6N6OS. The monoisotopic (exact) mass is 478 g/mol. The summed E-state index contributed by atoms with van der Waals surface area (Å²) in [5, 5.41) is 5.01. The van der Waals surface area contributed by atoms with Crippen molar-refractivity contribution < 1.29 is 31.1 Å². The Labute approximate surface area is 181 Å². The summed E-state index contributed by atoms with van der Waals surface area (Å²) >= 11 is 0.948. The first-order chi connectivity index (χ1) is 14.9. The molecule has 0 fully saturated rings. The van der Waals surface area contributed by atoms with Crippen LogP contribution in [0.2, 0.25) is 0 Å². The highest BCUT2D eigenvalue weighted by Crippen LogP contribution is 2.34. The van der Waals surface area contributed by atoms with Crippen molar-refractivity contribution in [2.24, 2.45) is 7.05 Å². The molecule has 0 bridgehead atoms. The van der Waals surface area contributed by atoms with Crippen LogP contribution < -0.4 is 10.6 Å². The van der Waals surface area contributed by atoms with E-state index < -0.39 is 29.8 Å². The lowest BCUT2D eigenvalue weighted by molar-refractivity contribution is -0.146. The number of carbonyl (C=O) groups is 1. The zero-order valence-electron chi connectivity index (χ0n) is 16.8. The van der Waals surface area contributed by atoms with Crippen LogP contribution in [-0.2, 0) is 19.4 Å². The zero-order valence-corrected chi connectivity index (χ0v) is 17.6. The summed E-state index contributed by atoms with van der Waals surface area (Å²) in [6.07, 6.45) is -9.39. The summed E-state index contributed by atoms with van der Waals surface area (Å²) < 4.78 is 79.1. The van der Waals surface area contributed by atoms with Gasteiger partial charge in [0, 0.05) is 14.1 Å². The van der Waals surface area contributed by atoms with Gasteiger partial charge in [-0.3, -0.25) is 4.79 Å². The van der Waals surface area contributed by atoms with Crippen LogP contribution in [0.4, 0.5) is 37.8 Å². The molecule has 14 heteroatoms. The van der Waals surface area contributed by atoms with Gasteiger partial charge in [0.2, 0.25) is 5.82 Å². The Kier molecular flexibility index (Phi) is 6.26. The molecule has 0 aliphatic carbocycles. The second-order valence-corrected chi connectivity index (χ2v) is 7.66. The molecule has 3 heterocycles. The van der Waals surface area contributed by atoms with Crippen LogP contribution in [-0.4, -0.2) is 38.2 Å². The zero-order chi connectivity index (χ0) is 23.8. The maximum absolute atomic E-state index is 13.1. The van der Waals surface area contributed by atoms with Crippen LogP contribution in [0.3, 0.4) is 0 Å². The van der Waals surface area contributed by atoms with E-state index in [1.807, 2.05) is 0 Å². The molecule has 0 spiro atoms. The highest BCUT2D eigenvalue weighted by atomic mass is 32.2. The first kappa shape index (κ1) is 23.6. The summed E-state index contributed by atoms with van der Waals surface area (Å²) in [5.74, 6) is -1.56. The van der Waals surface area contributed by atoms with Crippen molar-refractivity contribution >= 4 is 40.3 Å². The van der Waals surface area contributed by atoms with Gasteiger partial charge in [0.15, 0.2) is 11.5 Å². The molecule has 172 valence electrons. The molecule has 0 saturated carbocycles. The molecule has 0 saturated heterocycles. The Bertz CT molecular complexity index is 1170. The first-order valence-corrected chi connectivity index (χ1v) is 10.00. The van der Waals surface area contributed by atoms with Crippen LogP contribution >= 0.6 is 11.8 Å². The number of halogens is 6. The summed E-state index contributed by atoms with van der Waals surface area (Å²) in [5.41, 5.74) is -1.45. The van der Waals surface area contributed by atoms with E-state index in [9.17, 15) is 31.1 Å². The number of carbonyl (C=O) groups excluding carboxylic acids is 1. The lowest BCUT2D eigenvalue weighted by Crippen LogP contribution is -2.17. The quantitative estimate of drug-likeness (QED) is 0.405. The van der Waals surface area contributed by atoms with Gasteiger partial charge in [-0.15, -0.1) is 11.8 Å². The summed E-state index contributed by atoms with van der Waals surface area (Å²) in [6, 6.07) is 2.88. The molecule has 3 aromatic heterocycles. The molecular weight excluding hydrogens is 462 g/mol. The lowest BCUT2D eigenvalue weighted by Gasteiger charge is -2.14. The van der Waals surface area contributed by atoms with E-state index >= 15 is 0 Å². The molecule has 2 N–H and O–H groups in total.